The summed E-state index contributed by atoms with van der Waals surface area (Å²) < 4.78 is 1.60. The first kappa shape index (κ1) is 14.6. The lowest BCUT2D eigenvalue weighted by atomic mass is 10.1. The Morgan fingerprint density at radius 2 is 2.18 bits per heavy atom. The molecular formula is C15H15ClN4O2. The molecule has 2 heterocycles. The lowest BCUT2D eigenvalue weighted by Crippen LogP contribution is -2.28. The minimum Gasteiger partial charge on any atom is -0.323 e. The van der Waals surface area contributed by atoms with Crippen LogP contribution in [0.3, 0.4) is 0 Å². The van der Waals surface area contributed by atoms with Crippen LogP contribution in [0.4, 0.5) is 11.4 Å². The van der Waals surface area contributed by atoms with Gasteiger partial charge in [0.2, 0.25) is 11.8 Å². The molecule has 2 aromatic rings. The number of hydrogen-bond acceptors (Lipinski definition) is 3. The molecule has 114 valence electrons. The van der Waals surface area contributed by atoms with E-state index in [9.17, 15) is 9.59 Å². The molecular weight excluding hydrogens is 304 g/mol. The Labute approximate surface area is 132 Å². The van der Waals surface area contributed by atoms with E-state index >= 15 is 0 Å². The van der Waals surface area contributed by atoms with E-state index in [1.165, 1.54) is 0 Å². The van der Waals surface area contributed by atoms with Crippen LogP contribution < -0.4 is 10.2 Å². The summed E-state index contributed by atoms with van der Waals surface area (Å²) in [5.41, 5.74) is 1.27. The number of para-hydroxylation sites is 1. The first-order chi connectivity index (χ1) is 10.5. The van der Waals surface area contributed by atoms with E-state index in [4.69, 9.17) is 11.6 Å². The van der Waals surface area contributed by atoms with Gasteiger partial charge in [0, 0.05) is 26.2 Å². The Morgan fingerprint density at radius 1 is 1.41 bits per heavy atom. The van der Waals surface area contributed by atoms with Crippen molar-refractivity contribution in [2.45, 2.75) is 6.42 Å². The zero-order valence-corrected chi connectivity index (χ0v) is 12.7. The average molecular weight is 319 g/mol. The number of aryl methyl sites for hydroxylation is 1. The summed E-state index contributed by atoms with van der Waals surface area (Å²) in [6, 6.07) is 7.13. The van der Waals surface area contributed by atoms with Crippen molar-refractivity contribution in [1.29, 1.82) is 0 Å². The van der Waals surface area contributed by atoms with Crippen molar-refractivity contribution in [3.05, 3.63) is 41.7 Å². The maximum absolute atomic E-state index is 12.3. The van der Waals surface area contributed by atoms with Crippen molar-refractivity contribution in [3.8, 4) is 0 Å². The number of rotatable bonds is 3. The standard InChI is InChI=1S/C15H15ClN4O2/c1-19-9-11(7-17-19)18-15(22)10-6-14(21)20(8-10)13-5-3-2-4-12(13)16/h2-5,7,9-10H,6,8H2,1H3,(H,18,22)/t10-/m0/s1. The Morgan fingerprint density at radius 3 is 2.86 bits per heavy atom. The quantitative estimate of drug-likeness (QED) is 0.942. The van der Waals surface area contributed by atoms with Gasteiger partial charge < -0.3 is 10.2 Å². The number of hydrogen-bond donors (Lipinski definition) is 1. The lowest BCUT2D eigenvalue weighted by molar-refractivity contribution is -0.122. The van der Waals surface area contributed by atoms with Gasteiger partial charge in [-0.15, -0.1) is 0 Å². The van der Waals surface area contributed by atoms with E-state index in [1.807, 2.05) is 6.07 Å². The molecule has 0 unspecified atom stereocenters. The van der Waals surface area contributed by atoms with Crippen LogP contribution in [0.25, 0.3) is 0 Å². The van der Waals surface area contributed by atoms with E-state index < -0.39 is 5.92 Å². The van der Waals surface area contributed by atoms with Gasteiger partial charge in [0.15, 0.2) is 0 Å². The summed E-state index contributed by atoms with van der Waals surface area (Å²) in [6.07, 6.45) is 3.46. The Kier molecular flexibility index (Phi) is 3.85. The number of aromatic nitrogens is 2. The van der Waals surface area contributed by atoms with E-state index in [1.54, 1.807) is 47.2 Å². The summed E-state index contributed by atoms with van der Waals surface area (Å²) in [5, 5.41) is 7.27. The van der Waals surface area contributed by atoms with Crippen molar-refractivity contribution in [3.63, 3.8) is 0 Å². The van der Waals surface area contributed by atoms with Gasteiger partial charge >= 0.3 is 0 Å². The molecule has 1 aliphatic rings. The van der Waals surface area contributed by atoms with Crippen molar-refractivity contribution in [2.75, 3.05) is 16.8 Å². The molecule has 1 aromatic heterocycles. The summed E-state index contributed by atoms with van der Waals surface area (Å²) in [5.74, 6) is -0.681. The Hall–Kier alpha value is -2.34. The molecule has 0 radical (unpaired) electrons. The number of nitrogens with zero attached hydrogens (tertiary/aromatic N) is 3. The number of nitrogens with one attached hydrogen (secondary N) is 1. The second kappa shape index (κ2) is 5.81. The monoisotopic (exact) mass is 318 g/mol. The molecule has 0 spiro atoms. The zero-order valence-electron chi connectivity index (χ0n) is 12.0. The number of halogens is 1. The Balaban J connectivity index is 1.71. The van der Waals surface area contributed by atoms with Crippen LogP contribution in [-0.2, 0) is 16.6 Å². The zero-order chi connectivity index (χ0) is 15.7. The Bertz CT molecular complexity index is 728. The molecule has 1 aliphatic heterocycles. The number of anilines is 2. The van der Waals surface area contributed by atoms with Crippen LogP contribution in [-0.4, -0.2) is 28.1 Å². The average Bonchev–Trinajstić information content (AvgIpc) is 3.06. The minimum atomic E-state index is -0.399. The second-order valence-corrected chi connectivity index (χ2v) is 5.66. The van der Waals surface area contributed by atoms with Crippen LogP contribution in [0, 0.1) is 5.92 Å². The molecule has 1 saturated heterocycles. The number of carbonyl (C=O) groups excluding carboxylic acids is 2. The molecule has 0 saturated carbocycles. The molecule has 1 fully saturated rings. The van der Waals surface area contributed by atoms with Gasteiger partial charge in [-0.05, 0) is 12.1 Å². The summed E-state index contributed by atoms with van der Waals surface area (Å²) in [4.78, 5) is 26.0. The third-order valence-electron chi connectivity index (χ3n) is 3.61. The topological polar surface area (TPSA) is 67.2 Å². The van der Waals surface area contributed by atoms with Gasteiger partial charge in [-0.2, -0.15) is 5.10 Å². The largest absolute Gasteiger partial charge is 0.323 e. The van der Waals surface area contributed by atoms with Gasteiger partial charge in [0.25, 0.3) is 0 Å². The van der Waals surface area contributed by atoms with Crippen molar-refractivity contribution < 1.29 is 9.59 Å². The molecule has 0 bridgehead atoms. The van der Waals surface area contributed by atoms with Gasteiger partial charge in [-0.1, -0.05) is 23.7 Å². The first-order valence-corrected chi connectivity index (χ1v) is 7.27. The van der Waals surface area contributed by atoms with Gasteiger partial charge in [0.1, 0.15) is 0 Å². The third-order valence-corrected chi connectivity index (χ3v) is 3.93. The lowest BCUT2D eigenvalue weighted by Gasteiger charge is -2.17. The highest BCUT2D eigenvalue weighted by molar-refractivity contribution is 6.33. The molecule has 2 amide bonds. The van der Waals surface area contributed by atoms with Crippen molar-refractivity contribution in [2.24, 2.45) is 13.0 Å². The fraction of sp³-hybridized carbons (Fsp3) is 0.267. The molecule has 1 atom stereocenters. The predicted octanol–water partition coefficient (Wildman–Crippen LogP) is 2.07. The molecule has 7 heteroatoms. The highest BCUT2D eigenvalue weighted by Gasteiger charge is 2.35. The van der Waals surface area contributed by atoms with Crippen LogP contribution in [0.2, 0.25) is 5.02 Å². The molecule has 1 N–H and O–H groups in total. The number of carbonyl (C=O) groups is 2. The molecule has 22 heavy (non-hydrogen) atoms. The minimum absolute atomic E-state index is 0.0977. The normalized spacial score (nSPS) is 17.8. The number of amides is 2. The second-order valence-electron chi connectivity index (χ2n) is 5.25. The smallest absolute Gasteiger partial charge is 0.229 e. The van der Waals surface area contributed by atoms with Gasteiger partial charge in [-0.25, -0.2) is 0 Å². The molecule has 3 rings (SSSR count). The van der Waals surface area contributed by atoms with Crippen LogP contribution in [0.1, 0.15) is 6.42 Å². The predicted molar refractivity (Wildman–Crippen MR) is 83.7 cm³/mol. The highest BCUT2D eigenvalue weighted by atomic mass is 35.5. The van der Waals surface area contributed by atoms with Crippen molar-refractivity contribution >= 4 is 34.8 Å². The van der Waals surface area contributed by atoms with E-state index in [-0.39, 0.29) is 18.2 Å². The third kappa shape index (κ3) is 2.82. The van der Waals surface area contributed by atoms with Crippen LogP contribution in [0.5, 0.6) is 0 Å². The van der Waals surface area contributed by atoms with Gasteiger partial charge in [-0.3, -0.25) is 14.3 Å². The maximum Gasteiger partial charge on any atom is 0.229 e. The van der Waals surface area contributed by atoms with Gasteiger partial charge in [0.05, 0.1) is 28.5 Å². The van der Waals surface area contributed by atoms with Crippen LogP contribution in [0.15, 0.2) is 36.7 Å². The fourth-order valence-electron chi connectivity index (χ4n) is 2.52. The number of benzene rings is 1. The SMILES string of the molecule is Cn1cc(NC(=O)[C@H]2CC(=O)N(c3ccccc3Cl)C2)cn1. The fourth-order valence-corrected chi connectivity index (χ4v) is 2.75. The molecule has 0 aliphatic carbocycles. The summed E-state index contributed by atoms with van der Waals surface area (Å²) in [7, 11) is 1.77. The van der Waals surface area contributed by atoms with Crippen LogP contribution >= 0.6 is 11.6 Å². The summed E-state index contributed by atoms with van der Waals surface area (Å²) in [6.45, 7) is 0.328. The van der Waals surface area contributed by atoms with Crippen molar-refractivity contribution in [1.82, 2.24) is 9.78 Å². The molecule has 6 nitrogen and oxygen atoms in total. The van der Waals surface area contributed by atoms with E-state index in [0.29, 0.717) is 22.9 Å². The summed E-state index contributed by atoms with van der Waals surface area (Å²) >= 11 is 6.12. The van der Waals surface area contributed by atoms with E-state index in [2.05, 4.69) is 10.4 Å². The highest BCUT2D eigenvalue weighted by Crippen LogP contribution is 2.31. The molecule has 1 aromatic carbocycles. The van der Waals surface area contributed by atoms with E-state index in [0.717, 1.165) is 0 Å². The maximum atomic E-state index is 12.3. The first-order valence-electron chi connectivity index (χ1n) is 6.89.